The number of aliphatic hydroxyl groups excluding tert-OH is 2. The summed E-state index contributed by atoms with van der Waals surface area (Å²) in [5, 5.41) is 20.5. The molecule has 4 rings (SSSR count). The Labute approximate surface area is 151 Å². The molecule has 0 saturated heterocycles. The van der Waals surface area contributed by atoms with Gasteiger partial charge in [-0.25, -0.2) is 0 Å². The molecule has 0 aromatic carbocycles. The molecule has 0 aromatic heterocycles. The van der Waals surface area contributed by atoms with Gasteiger partial charge in [-0.1, -0.05) is 26.0 Å². The van der Waals surface area contributed by atoms with Crippen LogP contribution in [-0.2, 0) is 4.79 Å². The van der Waals surface area contributed by atoms with E-state index in [1.165, 1.54) is 12.0 Å². The highest BCUT2D eigenvalue weighted by Crippen LogP contribution is 2.67. The number of hydrogen-bond donors (Lipinski definition) is 2. The first kappa shape index (κ1) is 17.5. The van der Waals surface area contributed by atoms with E-state index in [0.717, 1.165) is 37.7 Å². The zero-order valence-electron chi connectivity index (χ0n) is 15.6. The van der Waals surface area contributed by atoms with Crippen LogP contribution in [0, 0.1) is 34.5 Å². The second kappa shape index (κ2) is 5.79. The molecule has 2 N–H and O–H groups in total. The molecule has 0 amide bonds. The molecule has 4 aliphatic rings. The zero-order valence-corrected chi connectivity index (χ0v) is 15.6. The number of carbonyl (C=O) groups is 1. The summed E-state index contributed by atoms with van der Waals surface area (Å²) in [6.45, 7) is 8.90. The fourth-order valence-electron chi connectivity index (χ4n) is 7.39. The van der Waals surface area contributed by atoms with E-state index in [1.807, 2.05) is 6.08 Å². The molecule has 3 heteroatoms. The number of fused-ring (bicyclic) bond motifs is 5. The monoisotopic (exact) mass is 344 g/mol. The van der Waals surface area contributed by atoms with Crippen molar-refractivity contribution in [2.45, 2.75) is 64.9 Å². The SMILES string of the molecule is C=C(CO)[C@H]1CC[C@H]2[C@@H]3CCC4=CC(=O)CC(O)[C@]4(C)[C@H]3CC[C@]12C. The Kier molecular flexibility index (Phi) is 4.05. The van der Waals surface area contributed by atoms with Crippen LogP contribution >= 0.6 is 0 Å². The maximum Gasteiger partial charge on any atom is 0.158 e. The van der Waals surface area contributed by atoms with Gasteiger partial charge in [-0.15, -0.1) is 0 Å². The van der Waals surface area contributed by atoms with Crippen LogP contribution in [0.25, 0.3) is 0 Å². The van der Waals surface area contributed by atoms with Gasteiger partial charge in [0, 0.05) is 11.8 Å². The van der Waals surface area contributed by atoms with Crippen LogP contribution in [0.4, 0.5) is 0 Å². The second-order valence-corrected chi connectivity index (χ2v) is 9.54. The van der Waals surface area contributed by atoms with Crippen molar-refractivity contribution in [3.05, 3.63) is 23.8 Å². The molecule has 7 atom stereocenters. The summed E-state index contributed by atoms with van der Waals surface area (Å²) in [5.41, 5.74) is 2.24. The van der Waals surface area contributed by atoms with Crippen molar-refractivity contribution >= 4 is 5.78 Å². The van der Waals surface area contributed by atoms with Crippen LogP contribution in [0.15, 0.2) is 23.8 Å². The molecule has 0 heterocycles. The first-order valence-corrected chi connectivity index (χ1v) is 10.0. The van der Waals surface area contributed by atoms with Gasteiger partial charge in [0.15, 0.2) is 5.78 Å². The molecule has 0 aromatic rings. The van der Waals surface area contributed by atoms with E-state index in [4.69, 9.17) is 0 Å². The lowest BCUT2D eigenvalue weighted by Crippen LogP contribution is -2.55. The molecule has 138 valence electrons. The highest BCUT2D eigenvalue weighted by atomic mass is 16.3. The summed E-state index contributed by atoms with van der Waals surface area (Å²) in [5.74, 6) is 2.29. The Balaban J connectivity index is 1.67. The molecular weight excluding hydrogens is 312 g/mol. The zero-order chi connectivity index (χ0) is 18.0. The van der Waals surface area contributed by atoms with Gasteiger partial charge in [0.05, 0.1) is 12.7 Å². The molecular formula is C22H32O3. The van der Waals surface area contributed by atoms with Crippen molar-refractivity contribution in [3.63, 3.8) is 0 Å². The van der Waals surface area contributed by atoms with Gasteiger partial charge < -0.3 is 10.2 Å². The van der Waals surface area contributed by atoms with Crippen molar-refractivity contribution < 1.29 is 15.0 Å². The van der Waals surface area contributed by atoms with Gasteiger partial charge in [0.25, 0.3) is 0 Å². The van der Waals surface area contributed by atoms with Crippen molar-refractivity contribution in [3.8, 4) is 0 Å². The molecule has 0 radical (unpaired) electrons. The molecule has 3 nitrogen and oxygen atoms in total. The standard InChI is InChI=1S/C22H32O3/c1-13(12-23)17-6-7-18-16-5-4-14-10-15(24)11-20(25)22(14,3)19(16)8-9-21(17,18)2/h10,16-20,23,25H,1,4-9,11-12H2,2-3H3/t16-,17+,18-,19-,20?,21+,22-/m0/s1. The maximum absolute atomic E-state index is 11.9. The van der Waals surface area contributed by atoms with Crippen LogP contribution < -0.4 is 0 Å². The van der Waals surface area contributed by atoms with Crippen LogP contribution in [-0.4, -0.2) is 28.7 Å². The Bertz CT molecular complexity index is 635. The van der Waals surface area contributed by atoms with Crippen LogP contribution in [0.2, 0.25) is 0 Å². The molecule has 0 bridgehead atoms. The number of hydrogen-bond acceptors (Lipinski definition) is 3. The minimum Gasteiger partial charge on any atom is -0.392 e. The second-order valence-electron chi connectivity index (χ2n) is 9.54. The quantitative estimate of drug-likeness (QED) is 0.752. The Hall–Kier alpha value is -0.930. The summed E-state index contributed by atoms with van der Waals surface area (Å²) in [4.78, 5) is 11.9. The Morgan fingerprint density at radius 2 is 2.00 bits per heavy atom. The predicted octanol–water partition coefficient (Wildman–Crippen LogP) is 3.65. The van der Waals surface area contributed by atoms with Crippen molar-refractivity contribution in [2.75, 3.05) is 6.61 Å². The van der Waals surface area contributed by atoms with E-state index in [2.05, 4.69) is 20.4 Å². The third kappa shape index (κ3) is 2.28. The lowest BCUT2D eigenvalue weighted by atomic mass is 9.46. The van der Waals surface area contributed by atoms with Gasteiger partial charge in [-0.2, -0.15) is 0 Å². The number of rotatable bonds is 2. The van der Waals surface area contributed by atoms with Gasteiger partial charge >= 0.3 is 0 Å². The third-order valence-corrected chi connectivity index (χ3v) is 8.76. The first-order chi connectivity index (χ1) is 11.8. The number of carbonyl (C=O) groups excluding carboxylic acids is 1. The van der Waals surface area contributed by atoms with E-state index >= 15 is 0 Å². The molecule has 0 aliphatic heterocycles. The van der Waals surface area contributed by atoms with E-state index in [1.54, 1.807) is 0 Å². The lowest BCUT2D eigenvalue weighted by molar-refractivity contribution is -0.127. The number of ketones is 1. The topological polar surface area (TPSA) is 57.5 Å². The van der Waals surface area contributed by atoms with E-state index in [9.17, 15) is 15.0 Å². The van der Waals surface area contributed by atoms with Gasteiger partial charge in [0.1, 0.15) is 0 Å². The highest BCUT2D eigenvalue weighted by molar-refractivity contribution is 5.92. The fourth-order valence-corrected chi connectivity index (χ4v) is 7.39. The summed E-state index contributed by atoms with van der Waals surface area (Å²) < 4.78 is 0. The third-order valence-electron chi connectivity index (χ3n) is 8.76. The first-order valence-electron chi connectivity index (χ1n) is 10.0. The molecule has 25 heavy (non-hydrogen) atoms. The Morgan fingerprint density at radius 1 is 1.24 bits per heavy atom. The average molecular weight is 344 g/mol. The summed E-state index contributed by atoms with van der Waals surface area (Å²) in [7, 11) is 0. The van der Waals surface area contributed by atoms with Crippen LogP contribution in [0.5, 0.6) is 0 Å². The van der Waals surface area contributed by atoms with Gasteiger partial charge in [-0.3, -0.25) is 4.79 Å². The maximum atomic E-state index is 11.9. The summed E-state index contributed by atoms with van der Waals surface area (Å²) in [6.07, 6.45) is 8.33. The molecule has 4 aliphatic carbocycles. The minimum absolute atomic E-state index is 0.0965. The van der Waals surface area contributed by atoms with Crippen LogP contribution in [0.1, 0.15) is 58.8 Å². The Morgan fingerprint density at radius 3 is 2.72 bits per heavy atom. The van der Waals surface area contributed by atoms with E-state index in [0.29, 0.717) is 23.7 Å². The number of aliphatic hydroxyl groups is 2. The van der Waals surface area contributed by atoms with Crippen molar-refractivity contribution in [1.82, 2.24) is 0 Å². The normalized spacial score (nSPS) is 49.0. The van der Waals surface area contributed by atoms with E-state index in [-0.39, 0.29) is 29.6 Å². The van der Waals surface area contributed by atoms with Gasteiger partial charge in [-0.05, 0) is 79.3 Å². The largest absolute Gasteiger partial charge is 0.392 e. The van der Waals surface area contributed by atoms with Gasteiger partial charge in [0.2, 0.25) is 0 Å². The van der Waals surface area contributed by atoms with Crippen molar-refractivity contribution in [1.29, 1.82) is 0 Å². The highest BCUT2D eigenvalue weighted by Gasteiger charge is 2.60. The smallest absolute Gasteiger partial charge is 0.158 e. The molecule has 3 fully saturated rings. The molecule has 0 spiro atoms. The summed E-state index contributed by atoms with van der Waals surface area (Å²) in [6, 6.07) is 0. The fraction of sp³-hybridized carbons (Fsp3) is 0.773. The average Bonchev–Trinajstić information content (AvgIpc) is 2.93. The van der Waals surface area contributed by atoms with E-state index < -0.39 is 6.10 Å². The van der Waals surface area contributed by atoms with Crippen molar-refractivity contribution in [2.24, 2.45) is 34.5 Å². The van der Waals surface area contributed by atoms with Crippen LogP contribution in [0.3, 0.4) is 0 Å². The predicted molar refractivity (Wildman–Crippen MR) is 97.8 cm³/mol. The lowest BCUT2D eigenvalue weighted by Gasteiger charge is -2.59. The minimum atomic E-state index is -0.526. The molecule has 3 saturated carbocycles. The summed E-state index contributed by atoms with van der Waals surface area (Å²) >= 11 is 0. The molecule has 1 unspecified atom stereocenters.